The summed E-state index contributed by atoms with van der Waals surface area (Å²) in [7, 11) is 0. The molecule has 3 unspecified atom stereocenters. The number of nitrogens with two attached hydrogens (primary N) is 1. The molecule has 0 radical (unpaired) electrons. The van der Waals surface area contributed by atoms with Crippen molar-refractivity contribution in [1.29, 1.82) is 0 Å². The Hall–Kier alpha value is -0.610. The molecule has 4 heteroatoms. The highest BCUT2D eigenvalue weighted by atomic mass is 16.1. The van der Waals surface area contributed by atoms with Gasteiger partial charge in [-0.2, -0.15) is 0 Å². The molecule has 1 fully saturated rings. The van der Waals surface area contributed by atoms with Gasteiger partial charge in [-0.15, -0.1) is 0 Å². The number of carbonyl (C=O) groups is 1. The zero-order chi connectivity index (χ0) is 15.2. The maximum Gasteiger partial charge on any atom is 0.237 e. The highest BCUT2D eigenvalue weighted by molar-refractivity contribution is 5.84. The summed E-state index contributed by atoms with van der Waals surface area (Å²) in [5, 5.41) is 3.22. The Morgan fingerprint density at radius 2 is 1.90 bits per heavy atom. The number of likely N-dealkylation sites (tertiary alicyclic amines) is 1. The minimum Gasteiger partial charge on any atom is -0.368 e. The lowest BCUT2D eigenvalue weighted by Gasteiger charge is -2.35. The highest BCUT2D eigenvalue weighted by Gasteiger charge is 2.29. The smallest absolute Gasteiger partial charge is 0.237 e. The second-order valence-electron chi connectivity index (χ2n) is 6.89. The van der Waals surface area contributed by atoms with Crippen LogP contribution in [0.3, 0.4) is 0 Å². The van der Waals surface area contributed by atoms with E-state index < -0.39 is 5.54 Å². The molecule has 1 rings (SSSR count). The molecule has 4 nitrogen and oxygen atoms in total. The van der Waals surface area contributed by atoms with Gasteiger partial charge >= 0.3 is 0 Å². The summed E-state index contributed by atoms with van der Waals surface area (Å²) < 4.78 is 0. The molecule has 3 N–H and O–H groups in total. The van der Waals surface area contributed by atoms with Crippen molar-refractivity contribution in [2.45, 2.75) is 58.9 Å². The van der Waals surface area contributed by atoms with Crippen molar-refractivity contribution in [3.63, 3.8) is 0 Å². The number of nitrogens with zero attached hydrogens (tertiary/aromatic N) is 1. The number of rotatable bonds is 8. The Labute approximate surface area is 124 Å². The molecule has 1 amide bonds. The van der Waals surface area contributed by atoms with Gasteiger partial charge < -0.3 is 16.0 Å². The summed E-state index contributed by atoms with van der Waals surface area (Å²) in [6.07, 6.45) is 4.38. The Morgan fingerprint density at radius 1 is 1.30 bits per heavy atom. The number of amides is 1. The topological polar surface area (TPSA) is 58.4 Å². The van der Waals surface area contributed by atoms with Crippen molar-refractivity contribution >= 4 is 5.91 Å². The van der Waals surface area contributed by atoms with Crippen LogP contribution in [0.15, 0.2) is 0 Å². The van der Waals surface area contributed by atoms with Gasteiger partial charge in [-0.05, 0) is 57.5 Å². The highest BCUT2D eigenvalue weighted by Crippen LogP contribution is 2.21. The number of piperidine rings is 1. The van der Waals surface area contributed by atoms with E-state index in [1.165, 1.54) is 19.5 Å². The molecule has 3 atom stereocenters. The zero-order valence-corrected chi connectivity index (χ0v) is 13.7. The van der Waals surface area contributed by atoms with Gasteiger partial charge in [0.05, 0.1) is 5.54 Å². The van der Waals surface area contributed by atoms with E-state index in [0.717, 1.165) is 44.2 Å². The summed E-state index contributed by atoms with van der Waals surface area (Å²) in [5.41, 5.74) is 4.96. The van der Waals surface area contributed by atoms with Crippen LogP contribution in [0.4, 0.5) is 0 Å². The number of primary amides is 1. The summed E-state index contributed by atoms with van der Waals surface area (Å²) in [5.74, 6) is 1.40. The SMILES string of the molecule is CCNC(C)(CCCCN1CC(C)CC(C)C1)C(N)=O. The first-order chi connectivity index (χ1) is 9.37. The first-order valence-corrected chi connectivity index (χ1v) is 8.14. The predicted molar refractivity (Wildman–Crippen MR) is 84.5 cm³/mol. The van der Waals surface area contributed by atoms with E-state index in [1.54, 1.807) is 0 Å². The van der Waals surface area contributed by atoms with Crippen molar-refractivity contribution < 1.29 is 4.79 Å². The molecule has 1 aliphatic rings. The molecule has 118 valence electrons. The second-order valence-corrected chi connectivity index (χ2v) is 6.89. The Balaban J connectivity index is 2.28. The lowest BCUT2D eigenvalue weighted by atomic mass is 9.91. The lowest BCUT2D eigenvalue weighted by Crippen LogP contribution is -2.53. The van der Waals surface area contributed by atoms with Crippen LogP contribution in [0.5, 0.6) is 0 Å². The number of nitrogens with one attached hydrogen (secondary N) is 1. The molecule has 0 aromatic rings. The fraction of sp³-hybridized carbons (Fsp3) is 0.938. The second kappa shape index (κ2) is 7.99. The average molecular weight is 283 g/mol. The standard InChI is InChI=1S/C16H33N3O/c1-5-18-16(4,15(17)20)8-6-7-9-19-11-13(2)10-14(3)12-19/h13-14,18H,5-12H2,1-4H3,(H2,17,20). The third-order valence-corrected chi connectivity index (χ3v) is 4.46. The molecule has 1 saturated heterocycles. The molecule has 0 spiro atoms. The Kier molecular flexibility index (Phi) is 6.96. The van der Waals surface area contributed by atoms with Crippen LogP contribution >= 0.6 is 0 Å². The third kappa shape index (κ3) is 5.41. The van der Waals surface area contributed by atoms with Crippen molar-refractivity contribution in [2.24, 2.45) is 17.6 Å². The largest absolute Gasteiger partial charge is 0.368 e. The van der Waals surface area contributed by atoms with Gasteiger partial charge in [0.2, 0.25) is 5.91 Å². The normalized spacial score (nSPS) is 27.2. The van der Waals surface area contributed by atoms with E-state index in [0.29, 0.717) is 0 Å². The molecule has 0 aliphatic carbocycles. The van der Waals surface area contributed by atoms with Gasteiger partial charge in [-0.1, -0.05) is 20.8 Å². The summed E-state index contributed by atoms with van der Waals surface area (Å²) >= 11 is 0. The van der Waals surface area contributed by atoms with Crippen molar-refractivity contribution in [3.05, 3.63) is 0 Å². The fourth-order valence-corrected chi connectivity index (χ4v) is 3.48. The van der Waals surface area contributed by atoms with Crippen LogP contribution in [-0.2, 0) is 4.79 Å². The summed E-state index contributed by atoms with van der Waals surface area (Å²) in [6, 6.07) is 0. The van der Waals surface area contributed by atoms with E-state index in [9.17, 15) is 4.79 Å². The van der Waals surface area contributed by atoms with Gasteiger partial charge in [0, 0.05) is 13.1 Å². The molecular weight excluding hydrogens is 250 g/mol. The fourth-order valence-electron chi connectivity index (χ4n) is 3.48. The van der Waals surface area contributed by atoms with Crippen LogP contribution < -0.4 is 11.1 Å². The Morgan fingerprint density at radius 3 is 2.40 bits per heavy atom. The Bertz CT molecular complexity index is 298. The van der Waals surface area contributed by atoms with E-state index in [4.69, 9.17) is 5.73 Å². The summed E-state index contributed by atoms with van der Waals surface area (Å²) in [4.78, 5) is 14.1. The van der Waals surface area contributed by atoms with Crippen molar-refractivity contribution in [1.82, 2.24) is 10.2 Å². The number of hydrogen-bond acceptors (Lipinski definition) is 3. The minimum absolute atomic E-state index is 0.237. The van der Waals surface area contributed by atoms with Gasteiger partial charge in [0.1, 0.15) is 0 Å². The quantitative estimate of drug-likeness (QED) is 0.670. The van der Waals surface area contributed by atoms with Gasteiger partial charge in [-0.25, -0.2) is 0 Å². The van der Waals surface area contributed by atoms with Crippen LogP contribution in [0.1, 0.15) is 53.4 Å². The van der Waals surface area contributed by atoms with Crippen LogP contribution in [-0.4, -0.2) is 42.5 Å². The van der Waals surface area contributed by atoms with Crippen LogP contribution in [0.25, 0.3) is 0 Å². The van der Waals surface area contributed by atoms with Crippen LogP contribution in [0, 0.1) is 11.8 Å². The first kappa shape index (κ1) is 17.4. The molecule has 20 heavy (non-hydrogen) atoms. The van der Waals surface area contributed by atoms with E-state index >= 15 is 0 Å². The minimum atomic E-state index is -0.544. The van der Waals surface area contributed by atoms with E-state index in [2.05, 4.69) is 24.1 Å². The van der Waals surface area contributed by atoms with Crippen molar-refractivity contribution in [3.8, 4) is 0 Å². The summed E-state index contributed by atoms with van der Waals surface area (Å²) in [6.45, 7) is 13.0. The maximum absolute atomic E-state index is 11.5. The molecular formula is C16H33N3O. The predicted octanol–water partition coefficient (Wildman–Crippen LogP) is 1.99. The van der Waals surface area contributed by atoms with Gasteiger partial charge in [0.25, 0.3) is 0 Å². The number of carbonyl (C=O) groups excluding carboxylic acids is 1. The molecule has 1 heterocycles. The zero-order valence-electron chi connectivity index (χ0n) is 13.7. The average Bonchev–Trinajstić information content (AvgIpc) is 2.33. The monoisotopic (exact) mass is 283 g/mol. The lowest BCUT2D eigenvalue weighted by molar-refractivity contribution is -0.124. The molecule has 0 bridgehead atoms. The van der Waals surface area contributed by atoms with Crippen molar-refractivity contribution in [2.75, 3.05) is 26.2 Å². The molecule has 1 aliphatic heterocycles. The first-order valence-electron chi connectivity index (χ1n) is 8.14. The molecule has 0 aromatic carbocycles. The maximum atomic E-state index is 11.5. The van der Waals surface area contributed by atoms with E-state index in [1.807, 2.05) is 13.8 Å². The van der Waals surface area contributed by atoms with Gasteiger partial charge in [0.15, 0.2) is 0 Å². The number of unbranched alkanes of at least 4 members (excludes halogenated alkanes) is 1. The van der Waals surface area contributed by atoms with Crippen LogP contribution in [0.2, 0.25) is 0 Å². The van der Waals surface area contributed by atoms with Gasteiger partial charge in [-0.3, -0.25) is 4.79 Å². The molecule has 0 saturated carbocycles. The van der Waals surface area contributed by atoms with E-state index in [-0.39, 0.29) is 5.91 Å². The molecule has 0 aromatic heterocycles. The third-order valence-electron chi connectivity index (χ3n) is 4.46. The number of hydrogen-bond donors (Lipinski definition) is 2. The number of likely N-dealkylation sites (N-methyl/N-ethyl adjacent to an activating group) is 1.